The van der Waals surface area contributed by atoms with E-state index in [1.165, 1.54) is 13.0 Å². The van der Waals surface area contributed by atoms with Crippen molar-refractivity contribution >= 4 is 30.9 Å². The van der Waals surface area contributed by atoms with Crippen molar-refractivity contribution in [1.82, 2.24) is 20.5 Å². The maximum absolute atomic E-state index is 13.4. The van der Waals surface area contributed by atoms with E-state index in [0.29, 0.717) is 5.69 Å². The smallest absolute Gasteiger partial charge is 0.497 e. The van der Waals surface area contributed by atoms with Crippen LogP contribution < -0.4 is 10.6 Å². The Bertz CT molecular complexity index is 1230. The summed E-state index contributed by atoms with van der Waals surface area (Å²) in [4.78, 5) is 58.3. The summed E-state index contributed by atoms with van der Waals surface area (Å²) in [7, 11) is 0.210. The number of carbonyl (C=O) groups excluding carboxylic acids is 4. The Balaban J connectivity index is 1.51. The number of nitrogens with one attached hydrogen (secondary N) is 2. The largest absolute Gasteiger partial charge is 0.622 e. The van der Waals surface area contributed by atoms with Gasteiger partial charge in [-0.05, 0) is 38.4 Å². The first-order chi connectivity index (χ1) is 19.5. The average molecular weight is 566 g/mol. The molecule has 4 rings (SSSR count). The van der Waals surface area contributed by atoms with Crippen LogP contribution in [-0.2, 0) is 28.4 Å². The molecule has 41 heavy (non-hydrogen) atoms. The summed E-state index contributed by atoms with van der Waals surface area (Å²) in [5.41, 5.74) is 1.44. The summed E-state index contributed by atoms with van der Waals surface area (Å²) in [6, 6.07) is 11.3. The lowest BCUT2D eigenvalue weighted by Gasteiger charge is -2.40. The second kappa shape index (κ2) is 13.2. The number of pyridine rings is 1. The highest BCUT2D eigenvalue weighted by atomic mass is 16.6. The number of aliphatic hydroxyl groups is 1. The molecule has 2 aliphatic rings. The maximum Gasteiger partial charge on any atom is 0.622 e. The van der Waals surface area contributed by atoms with Crippen molar-refractivity contribution < 1.29 is 38.3 Å². The van der Waals surface area contributed by atoms with Gasteiger partial charge in [-0.2, -0.15) is 0 Å². The maximum atomic E-state index is 13.4. The Morgan fingerprint density at radius 1 is 1.00 bits per heavy atom. The van der Waals surface area contributed by atoms with Crippen LogP contribution in [-0.4, -0.2) is 96.3 Å². The second-order valence-electron chi connectivity index (χ2n) is 10.7. The van der Waals surface area contributed by atoms with Gasteiger partial charge in [0.2, 0.25) is 5.91 Å². The molecule has 1 aromatic heterocycles. The molecule has 13 heteroatoms. The van der Waals surface area contributed by atoms with E-state index in [1.54, 1.807) is 24.1 Å². The molecule has 2 fully saturated rings. The summed E-state index contributed by atoms with van der Waals surface area (Å²) in [5.74, 6) is -3.65. The zero-order valence-electron chi connectivity index (χ0n) is 23.5. The summed E-state index contributed by atoms with van der Waals surface area (Å²) < 4.78 is 16.5. The number of likely N-dealkylation sites (N-methyl/N-ethyl adjacent to an activating group) is 1. The standard InChI is InChI=1S/C28H35BN4O8/c1-16(2)13-23(29-40-27(37)21-14-39-15-22(33(21)4)28(38)41-29)31-26(36)24(17(3)34)32-25(35)20-12-8-11-19(30-20)18-9-6-5-7-10-18/h5-12,16-17,21-24,34H,13-15H2,1-4H3,(H,31,36)(H,32,35)/t17?,21-,22+,23?,24?. The molecule has 3 unspecified atom stereocenters. The molecule has 2 bridgehead atoms. The topological polar surface area (TPSA) is 156 Å². The normalized spacial score (nSPS) is 21.6. The van der Waals surface area contributed by atoms with Crippen LogP contribution in [0.1, 0.15) is 37.7 Å². The molecule has 3 heterocycles. The fourth-order valence-corrected chi connectivity index (χ4v) is 4.76. The van der Waals surface area contributed by atoms with Crippen LogP contribution in [0.5, 0.6) is 0 Å². The van der Waals surface area contributed by atoms with Gasteiger partial charge in [0.25, 0.3) is 5.91 Å². The zero-order valence-corrected chi connectivity index (χ0v) is 23.5. The predicted octanol–water partition coefficient (Wildman–Crippen LogP) is 0.585. The quantitative estimate of drug-likeness (QED) is 0.367. The third kappa shape index (κ3) is 7.29. The summed E-state index contributed by atoms with van der Waals surface area (Å²) >= 11 is 0. The molecule has 5 atom stereocenters. The molecular weight excluding hydrogens is 531 g/mol. The van der Waals surface area contributed by atoms with Gasteiger partial charge < -0.3 is 29.8 Å². The first kappa shape index (κ1) is 30.2. The van der Waals surface area contributed by atoms with Gasteiger partial charge in [-0.3, -0.25) is 24.1 Å². The lowest BCUT2D eigenvalue weighted by Crippen LogP contribution is -2.64. The number of aliphatic hydroxyl groups excluding tert-OH is 1. The molecule has 12 nitrogen and oxygen atoms in total. The van der Waals surface area contributed by atoms with Gasteiger partial charge in [0.1, 0.15) is 23.8 Å². The molecule has 0 spiro atoms. The van der Waals surface area contributed by atoms with E-state index < -0.39 is 61.0 Å². The van der Waals surface area contributed by atoms with Crippen LogP contribution in [0.3, 0.4) is 0 Å². The van der Waals surface area contributed by atoms with E-state index in [0.717, 1.165) is 5.56 Å². The Hall–Kier alpha value is -3.81. The first-order valence-electron chi connectivity index (χ1n) is 13.6. The molecule has 2 aromatic rings. The highest BCUT2D eigenvalue weighted by Crippen LogP contribution is 2.21. The third-order valence-electron chi connectivity index (χ3n) is 7.03. The van der Waals surface area contributed by atoms with Crippen molar-refractivity contribution in [2.45, 2.75) is 57.4 Å². The Labute approximate surface area is 238 Å². The van der Waals surface area contributed by atoms with E-state index in [9.17, 15) is 24.3 Å². The van der Waals surface area contributed by atoms with Crippen molar-refractivity contribution in [3.05, 3.63) is 54.2 Å². The van der Waals surface area contributed by atoms with Gasteiger partial charge in [0, 0.05) is 5.56 Å². The Morgan fingerprint density at radius 2 is 1.63 bits per heavy atom. The zero-order chi connectivity index (χ0) is 29.7. The molecule has 218 valence electrons. The first-order valence-corrected chi connectivity index (χ1v) is 13.6. The highest BCUT2D eigenvalue weighted by molar-refractivity contribution is 6.51. The molecule has 0 radical (unpaired) electrons. The molecule has 0 saturated carbocycles. The summed E-state index contributed by atoms with van der Waals surface area (Å²) in [6.07, 6.45) is -1.01. The van der Waals surface area contributed by atoms with Crippen LogP contribution >= 0.6 is 0 Å². The predicted molar refractivity (Wildman–Crippen MR) is 148 cm³/mol. The number of fused-ring (bicyclic) bond motifs is 2. The Kier molecular flexibility index (Phi) is 9.74. The summed E-state index contributed by atoms with van der Waals surface area (Å²) in [6.45, 7) is 5.26. The fourth-order valence-electron chi connectivity index (χ4n) is 4.76. The molecular formula is C28H35BN4O8. The van der Waals surface area contributed by atoms with Gasteiger partial charge in [0.15, 0.2) is 0 Å². The van der Waals surface area contributed by atoms with Crippen LogP contribution in [0, 0.1) is 5.92 Å². The third-order valence-corrected chi connectivity index (χ3v) is 7.03. The van der Waals surface area contributed by atoms with E-state index in [4.69, 9.17) is 14.0 Å². The number of aromatic nitrogens is 1. The van der Waals surface area contributed by atoms with E-state index in [2.05, 4.69) is 15.6 Å². The SMILES string of the molecule is CC(C)CC(NC(=O)C(NC(=O)c1cccc(-c2ccccc2)n1)C(C)O)B1OC(=O)[C@H]2COC[C@@H](C(=O)O1)N2C. The fraction of sp³-hybridized carbons (Fsp3) is 0.464. The molecule has 0 aliphatic carbocycles. The minimum Gasteiger partial charge on any atom is -0.497 e. The molecule has 2 amide bonds. The molecule has 1 aromatic carbocycles. The Morgan fingerprint density at radius 3 is 2.22 bits per heavy atom. The van der Waals surface area contributed by atoms with Crippen molar-refractivity contribution in [1.29, 1.82) is 0 Å². The highest BCUT2D eigenvalue weighted by Gasteiger charge is 2.49. The van der Waals surface area contributed by atoms with Crippen LogP contribution in [0.15, 0.2) is 48.5 Å². The number of hydrogen-bond donors (Lipinski definition) is 3. The monoisotopic (exact) mass is 566 g/mol. The molecule has 3 N–H and O–H groups in total. The minimum atomic E-state index is -1.41. The average Bonchev–Trinajstić information content (AvgIpc) is 2.94. The van der Waals surface area contributed by atoms with Crippen molar-refractivity contribution in [3.63, 3.8) is 0 Å². The number of amides is 2. The number of carbonyl (C=O) groups is 4. The van der Waals surface area contributed by atoms with Crippen molar-refractivity contribution in [2.24, 2.45) is 5.92 Å². The van der Waals surface area contributed by atoms with Crippen molar-refractivity contribution in [2.75, 3.05) is 20.3 Å². The number of ether oxygens (including phenoxy) is 1. The lowest BCUT2D eigenvalue weighted by molar-refractivity contribution is -0.166. The number of benzene rings is 1. The van der Waals surface area contributed by atoms with Gasteiger partial charge in [0.05, 0.1) is 31.0 Å². The molecule has 2 saturated heterocycles. The van der Waals surface area contributed by atoms with E-state index in [-0.39, 0.29) is 31.2 Å². The van der Waals surface area contributed by atoms with E-state index in [1.807, 2.05) is 44.2 Å². The number of morpholine rings is 1. The summed E-state index contributed by atoms with van der Waals surface area (Å²) in [5, 5.41) is 15.7. The number of rotatable bonds is 9. The van der Waals surface area contributed by atoms with Crippen molar-refractivity contribution in [3.8, 4) is 11.3 Å². The van der Waals surface area contributed by atoms with E-state index >= 15 is 0 Å². The van der Waals surface area contributed by atoms with Gasteiger partial charge in [-0.15, -0.1) is 0 Å². The minimum absolute atomic E-state index is 0.00170. The number of hydrogen-bond acceptors (Lipinski definition) is 10. The van der Waals surface area contributed by atoms with Crippen LogP contribution in [0.25, 0.3) is 11.3 Å². The van der Waals surface area contributed by atoms with Gasteiger partial charge >= 0.3 is 19.1 Å². The second-order valence-corrected chi connectivity index (χ2v) is 10.7. The van der Waals surface area contributed by atoms with Gasteiger partial charge in [-0.1, -0.05) is 50.2 Å². The number of nitrogens with zero attached hydrogens (tertiary/aromatic N) is 2. The molecule has 2 aliphatic heterocycles. The van der Waals surface area contributed by atoms with Crippen LogP contribution in [0.4, 0.5) is 0 Å². The van der Waals surface area contributed by atoms with Crippen LogP contribution in [0.2, 0.25) is 0 Å². The van der Waals surface area contributed by atoms with Gasteiger partial charge in [-0.25, -0.2) is 4.98 Å². The lowest BCUT2D eigenvalue weighted by atomic mass is 9.73.